The van der Waals surface area contributed by atoms with Crippen molar-refractivity contribution in [2.45, 2.75) is 51.6 Å². The van der Waals surface area contributed by atoms with Gasteiger partial charge in [-0.1, -0.05) is 13.8 Å². The predicted molar refractivity (Wildman–Crippen MR) is 73.1 cm³/mol. The molecule has 1 aliphatic carbocycles. The Morgan fingerprint density at radius 1 is 1.24 bits per heavy atom. The molecule has 0 radical (unpaired) electrons. The average molecular weight is 239 g/mol. The zero-order chi connectivity index (χ0) is 12.5. The van der Waals surface area contributed by atoms with Gasteiger partial charge in [-0.05, 0) is 45.2 Å². The van der Waals surface area contributed by atoms with Gasteiger partial charge in [0.25, 0.3) is 0 Å². The standard InChI is InChI=1S/C14H29N3/c1-4-16(5-2)13-8-9-17(10-13)14(3,11-15)12-6-7-12/h12-13H,4-11,15H2,1-3H3. The monoisotopic (exact) mass is 239 g/mol. The van der Waals surface area contributed by atoms with Crippen LogP contribution in [-0.4, -0.2) is 54.1 Å². The normalized spacial score (nSPS) is 29.8. The minimum atomic E-state index is 0.280. The summed E-state index contributed by atoms with van der Waals surface area (Å²) in [6, 6.07) is 0.759. The fourth-order valence-electron chi connectivity index (χ4n) is 3.50. The van der Waals surface area contributed by atoms with Gasteiger partial charge in [-0.15, -0.1) is 0 Å². The largest absolute Gasteiger partial charge is 0.329 e. The second-order valence-electron chi connectivity index (χ2n) is 5.95. The summed E-state index contributed by atoms with van der Waals surface area (Å²) in [5, 5.41) is 0. The molecule has 0 bridgehead atoms. The molecule has 2 fully saturated rings. The van der Waals surface area contributed by atoms with E-state index in [1.54, 1.807) is 0 Å². The molecule has 2 unspecified atom stereocenters. The number of nitrogens with zero attached hydrogens (tertiary/aromatic N) is 2. The molecule has 1 saturated heterocycles. The van der Waals surface area contributed by atoms with Crippen LogP contribution in [0, 0.1) is 5.92 Å². The zero-order valence-electron chi connectivity index (χ0n) is 11.8. The Hall–Kier alpha value is -0.120. The first-order valence-electron chi connectivity index (χ1n) is 7.34. The molecule has 17 heavy (non-hydrogen) atoms. The summed E-state index contributed by atoms with van der Waals surface area (Å²) < 4.78 is 0. The molecule has 2 atom stereocenters. The van der Waals surface area contributed by atoms with E-state index in [1.165, 1.54) is 45.4 Å². The maximum Gasteiger partial charge on any atom is 0.0332 e. The minimum Gasteiger partial charge on any atom is -0.329 e. The van der Waals surface area contributed by atoms with Crippen molar-refractivity contribution in [2.24, 2.45) is 11.7 Å². The summed E-state index contributed by atoms with van der Waals surface area (Å²) in [6.07, 6.45) is 4.10. The molecule has 1 aliphatic heterocycles. The minimum absolute atomic E-state index is 0.280. The predicted octanol–water partition coefficient (Wildman–Crippen LogP) is 1.53. The van der Waals surface area contributed by atoms with Gasteiger partial charge >= 0.3 is 0 Å². The van der Waals surface area contributed by atoms with Crippen LogP contribution in [0.5, 0.6) is 0 Å². The quantitative estimate of drug-likeness (QED) is 0.763. The van der Waals surface area contributed by atoms with Crippen molar-refractivity contribution in [1.82, 2.24) is 9.80 Å². The third-order valence-corrected chi connectivity index (χ3v) is 5.08. The van der Waals surface area contributed by atoms with Crippen LogP contribution in [-0.2, 0) is 0 Å². The van der Waals surface area contributed by atoms with E-state index < -0.39 is 0 Å². The van der Waals surface area contributed by atoms with Crippen LogP contribution in [0.2, 0.25) is 0 Å². The highest BCUT2D eigenvalue weighted by atomic mass is 15.3. The zero-order valence-corrected chi connectivity index (χ0v) is 11.8. The second-order valence-corrected chi connectivity index (χ2v) is 5.95. The van der Waals surface area contributed by atoms with Gasteiger partial charge in [0.2, 0.25) is 0 Å². The molecule has 1 heterocycles. The van der Waals surface area contributed by atoms with Gasteiger partial charge in [-0.2, -0.15) is 0 Å². The third-order valence-electron chi connectivity index (χ3n) is 5.08. The molecule has 2 rings (SSSR count). The molecular weight excluding hydrogens is 210 g/mol. The Bertz CT molecular complexity index is 248. The van der Waals surface area contributed by atoms with Gasteiger partial charge in [-0.3, -0.25) is 9.80 Å². The molecule has 1 saturated carbocycles. The van der Waals surface area contributed by atoms with E-state index in [0.717, 1.165) is 18.5 Å². The Morgan fingerprint density at radius 3 is 2.35 bits per heavy atom. The number of hydrogen-bond acceptors (Lipinski definition) is 3. The van der Waals surface area contributed by atoms with Gasteiger partial charge in [0.05, 0.1) is 0 Å². The summed E-state index contributed by atoms with van der Waals surface area (Å²) in [5.74, 6) is 0.864. The molecule has 2 N–H and O–H groups in total. The summed E-state index contributed by atoms with van der Waals surface area (Å²) in [5.41, 5.74) is 6.34. The van der Waals surface area contributed by atoms with Crippen molar-refractivity contribution in [3.05, 3.63) is 0 Å². The van der Waals surface area contributed by atoms with Crippen molar-refractivity contribution in [2.75, 3.05) is 32.7 Å². The summed E-state index contributed by atoms with van der Waals surface area (Å²) in [4.78, 5) is 5.28. The lowest BCUT2D eigenvalue weighted by Gasteiger charge is -2.39. The molecule has 3 heteroatoms. The first-order valence-corrected chi connectivity index (χ1v) is 7.34. The Labute approximate surface area is 106 Å². The highest BCUT2D eigenvalue weighted by Crippen LogP contribution is 2.43. The lowest BCUT2D eigenvalue weighted by Crippen LogP contribution is -2.53. The van der Waals surface area contributed by atoms with Crippen molar-refractivity contribution in [3.8, 4) is 0 Å². The Kier molecular flexibility index (Phi) is 4.11. The topological polar surface area (TPSA) is 32.5 Å². The van der Waals surface area contributed by atoms with E-state index in [2.05, 4.69) is 30.6 Å². The van der Waals surface area contributed by atoms with Crippen molar-refractivity contribution < 1.29 is 0 Å². The number of likely N-dealkylation sites (tertiary alicyclic amines) is 1. The molecule has 0 aromatic carbocycles. The lowest BCUT2D eigenvalue weighted by molar-refractivity contribution is 0.104. The van der Waals surface area contributed by atoms with E-state index in [0.29, 0.717) is 0 Å². The first-order chi connectivity index (χ1) is 8.15. The number of rotatable bonds is 6. The number of hydrogen-bond donors (Lipinski definition) is 1. The molecular formula is C14H29N3. The van der Waals surface area contributed by atoms with Crippen LogP contribution >= 0.6 is 0 Å². The third kappa shape index (κ3) is 2.51. The van der Waals surface area contributed by atoms with Gasteiger partial charge in [0.1, 0.15) is 0 Å². The molecule has 0 aromatic heterocycles. The maximum absolute atomic E-state index is 6.06. The van der Waals surface area contributed by atoms with Gasteiger partial charge in [0.15, 0.2) is 0 Å². The van der Waals surface area contributed by atoms with Crippen LogP contribution in [0.15, 0.2) is 0 Å². The lowest BCUT2D eigenvalue weighted by atomic mass is 9.94. The molecule has 0 spiro atoms. The Morgan fingerprint density at radius 2 is 1.88 bits per heavy atom. The van der Waals surface area contributed by atoms with Crippen molar-refractivity contribution >= 4 is 0 Å². The summed E-state index contributed by atoms with van der Waals surface area (Å²) in [6.45, 7) is 12.6. The fraction of sp³-hybridized carbons (Fsp3) is 1.00. The second kappa shape index (κ2) is 5.25. The van der Waals surface area contributed by atoms with E-state index in [4.69, 9.17) is 5.73 Å². The smallest absolute Gasteiger partial charge is 0.0332 e. The van der Waals surface area contributed by atoms with Crippen LogP contribution in [0.25, 0.3) is 0 Å². The molecule has 2 aliphatic rings. The number of likely N-dealkylation sites (N-methyl/N-ethyl adjacent to an activating group) is 1. The van der Waals surface area contributed by atoms with Crippen LogP contribution in [0.1, 0.15) is 40.0 Å². The van der Waals surface area contributed by atoms with Gasteiger partial charge < -0.3 is 5.73 Å². The van der Waals surface area contributed by atoms with E-state index >= 15 is 0 Å². The highest BCUT2D eigenvalue weighted by molar-refractivity contribution is 5.03. The van der Waals surface area contributed by atoms with Gasteiger partial charge in [0, 0.05) is 31.2 Å². The van der Waals surface area contributed by atoms with Crippen molar-refractivity contribution in [1.29, 1.82) is 0 Å². The summed E-state index contributed by atoms with van der Waals surface area (Å²) >= 11 is 0. The average Bonchev–Trinajstić information content (AvgIpc) is 3.10. The maximum atomic E-state index is 6.06. The highest BCUT2D eigenvalue weighted by Gasteiger charge is 2.47. The molecule has 0 amide bonds. The number of nitrogens with two attached hydrogens (primary N) is 1. The summed E-state index contributed by atoms with van der Waals surface area (Å²) in [7, 11) is 0. The Balaban J connectivity index is 1.96. The van der Waals surface area contributed by atoms with Gasteiger partial charge in [-0.25, -0.2) is 0 Å². The van der Waals surface area contributed by atoms with Crippen LogP contribution in [0.3, 0.4) is 0 Å². The van der Waals surface area contributed by atoms with E-state index in [1.807, 2.05) is 0 Å². The van der Waals surface area contributed by atoms with E-state index in [-0.39, 0.29) is 5.54 Å². The first kappa shape index (κ1) is 13.3. The molecule has 0 aromatic rings. The van der Waals surface area contributed by atoms with Crippen molar-refractivity contribution in [3.63, 3.8) is 0 Å². The van der Waals surface area contributed by atoms with Crippen LogP contribution < -0.4 is 5.73 Å². The molecule has 3 nitrogen and oxygen atoms in total. The SMILES string of the molecule is CCN(CC)C1CCN(C(C)(CN)C2CC2)C1. The van der Waals surface area contributed by atoms with Crippen LogP contribution in [0.4, 0.5) is 0 Å². The fourth-order valence-corrected chi connectivity index (χ4v) is 3.50. The molecule has 100 valence electrons. The van der Waals surface area contributed by atoms with E-state index in [9.17, 15) is 0 Å².